The molecule has 0 aromatic heterocycles. The molecule has 0 aliphatic carbocycles. The Kier molecular flexibility index (Phi) is 4.26. The Morgan fingerprint density at radius 2 is 2.31 bits per heavy atom. The predicted octanol–water partition coefficient (Wildman–Crippen LogP) is -0.997. The summed E-state index contributed by atoms with van der Waals surface area (Å²) in [5.74, 6) is -0.183. The molecule has 0 saturated carbocycles. The summed E-state index contributed by atoms with van der Waals surface area (Å²) >= 11 is 0. The van der Waals surface area contributed by atoms with Crippen molar-refractivity contribution in [1.82, 2.24) is 0 Å². The first-order chi connectivity index (χ1) is 7.47. The number of rotatable bonds is 4. The number of ether oxygens (including phenoxy) is 1. The number of hydrogen-bond acceptors (Lipinski definition) is 6. The summed E-state index contributed by atoms with van der Waals surface area (Å²) < 4.78 is 4.52. The van der Waals surface area contributed by atoms with E-state index < -0.39 is 18.1 Å². The van der Waals surface area contributed by atoms with Gasteiger partial charge in [0.2, 0.25) is 0 Å². The van der Waals surface area contributed by atoms with Crippen LogP contribution in [0.1, 0.15) is 19.8 Å². The molecule has 0 amide bonds. The first-order valence-corrected chi connectivity index (χ1v) is 5.32. The van der Waals surface area contributed by atoms with Gasteiger partial charge in [0, 0.05) is 5.92 Å². The van der Waals surface area contributed by atoms with Crippen LogP contribution in [0.15, 0.2) is 4.99 Å². The highest BCUT2D eigenvalue weighted by atomic mass is 16.5. The minimum absolute atomic E-state index is 0.0233. The van der Waals surface area contributed by atoms with Crippen molar-refractivity contribution in [2.75, 3.05) is 7.11 Å². The number of hydrogen-bond donors (Lipinski definition) is 3. The van der Waals surface area contributed by atoms with Gasteiger partial charge in [-0.05, 0) is 12.8 Å². The van der Waals surface area contributed by atoms with Gasteiger partial charge in [-0.25, -0.2) is 0 Å². The van der Waals surface area contributed by atoms with E-state index in [1.54, 1.807) is 0 Å². The largest absolute Gasteiger partial charge is 0.468 e. The maximum atomic E-state index is 11.1. The lowest BCUT2D eigenvalue weighted by molar-refractivity contribution is -0.142. The number of aliphatic hydroxyl groups is 1. The van der Waals surface area contributed by atoms with Gasteiger partial charge in [0.1, 0.15) is 18.0 Å². The van der Waals surface area contributed by atoms with E-state index in [0.29, 0.717) is 12.8 Å². The zero-order chi connectivity index (χ0) is 12.3. The van der Waals surface area contributed by atoms with E-state index in [-0.39, 0.29) is 17.8 Å². The molecular weight excluding hydrogens is 210 g/mol. The third-order valence-electron chi connectivity index (χ3n) is 3.00. The lowest BCUT2D eigenvalue weighted by atomic mass is 9.94. The van der Waals surface area contributed by atoms with E-state index in [1.165, 1.54) is 7.11 Å². The van der Waals surface area contributed by atoms with E-state index in [0.717, 1.165) is 0 Å². The van der Waals surface area contributed by atoms with Gasteiger partial charge in [0.05, 0.1) is 13.2 Å². The van der Waals surface area contributed by atoms with Crippen molar-refractivity contribution in [1.29, 1.82) is 0 Å². The molecule has 0 saturated heterocycles. The Morgan fingerprint density at radius 1 is 1.69 bits per heavy atom. The fraction of sp³-hybridized carbons (Fsp3) is 0.800. The van der Waals surface area contributed by atoms with Crippen molar-refractivity contribution in [2.24, 2.45) is 22.4 Å². The molecule has 6 heteroatoms. The van der Waals surface area contributed by atoms with Crippen molar-refractivity contribution < 1.29 is 14.6 Å². The van der Waals surface area contributed by atoms with E-state index in [2.05, 4.69) is 9.73 Å². The highest BCUT2D eigenvalue weighted by Gasteiger charge is 2.33. The van der Waals surface area contributed by atoms with Gasteiger partial charge in [0.25, 0.3) is 0 Å². The third kappa shape index (κ3) is 2.70. The number of amidine groups is 1. The zero-order valence-corrected chi connectivity index (χ0v) is 9.59. The van der Waals surface area contributed by atoms with E-state index in [4.69, 9.17) is 11.5 Å². The van der Waals surface area contributed by atoms with Gasteiger partial charge >= 0.3 is 5.97 Å². The topological polar surface area (TPSA) is 111 Å². The Hall–Kier alpha value is -1.14. The van der Waals surface area contributed by atoms with Crippen LogP contribution < -0.4 is 11.5 Å². The molecule has 0 aromatic carbocycles. The molecule has 1 rings (SSSR count). The highest BCUT2D eigenvalue weighted by Crippen LogP contribution is 2.23. The summed E-state index contributed by atoms with van der Waals surface area (Å²) in [6.45, 7) is 1.88. The molecule has 0 bridgehead atoms. The van der Waals surface area contributed by atoms with Gasteiger partial charge in [-0.15, -0.1) is 0 Å². The molecule has 92 valence electrons. The van der Waals surface area contributed by atoms with Crippen molar-refractivity contribution in [3.05, 3.63) is 0 Å². The fourth-order valence-corrected chi connectivity index (χ4v) is 1.81. The lowest BCUT2D eigenvalue weighted by Gasteiger charge is -2.17. The number of nitrogens with two attached hydrogens (primary N) is 2. The average Bonchev–Trinajstić information content (AvgIpc) is 2.52. The van der Waals surface area contributed by atoms with Crippen LogP contribution in [-0.2, 0) is 9.53 Å². The van der Waals surface area contributed by atoms with Crippen LogP contribution >= 0.6 is 0 Å². The summed E-state index contributed by atoms with van der Waals surface area (Å²) in [7, 11) is 1.31. The molecule has 0 aromatic rings. The van der Waals surface area contributed by atoms with Crippen LogP contribution in [0, 0.1) is 5.92 Å². The summed E-state index contributed by atoms with van der Waals surface area (Å²) in [5, 5.41) is 9.58. The Labute approximate surface area is 94.7 Å². The van der Waals surface area contributed by atoms with Crippen LogP contribution in [0.5, 0.6) is 0 Å². The molecule has 16 heavy (non-hydrogen) atoms. The predicted molar refractivity (Wildman–Crippen MR) is 59.8 cm³/mol. The quantitative estimate of drug-likeness (QED) is 0.536. The van der Waals surface area contributed by atoms with Crippen molar-refractivity contribution in [2.45, 2.75) is 38.0 Å². The van der Waals surface area contributed by atoms with Crippen LogP contribution in [0.4, 0.5) is 0 Å². The Morgan fingerprint density at radius 3 is 2.75 bits per heavy atom. The first kappa shape index (κ1) is 12.9. The van der Waals surface area contributed by atoms with Crippen LogP contribution in [0.25, 0.3) is 0 Å². The normalized spacial score (nSPS) is 31.0. The van der Waals surface area contributed by atoms with Gasteiger partial charge in [0.15, 0.2) is 0 Å². The smallest absolute Gasteiger partial charge is 0.322 e. The molecule has 1 unspecified atom stereocenters. The van der Waals surface area contributed by atoms with Crippen LogP contribution in [0.3, 0.4) is 0 Å². The number of esters is 1. The minimum Gasteiger partial charge on any atom is -0.468 e. The molecule has 1 heterocycles. The number of carbonyl (C=O) groups is 1. The minimum atomic E-state index is -0.681. The number of aliphatic hydroxyl groups excluding tert-OH is 1. The van der Waals surface area contributed by atoms with Crippen LogP contribution in [0.2, 0.25) is 0 Å². The van der Waals surface area contributed by atoms with Gasteiger partial charge in [-0.2, -0.15) is 0 Å². The monoisotopic (exact) mass is 229 g/mol. The Balaban J connectivity index is 2.42. The zero-order valence-electron chi connectivity index (χ0n) is 9.59. The van der Waals surface area contributed by atoms with E-state index in [9.17, 15) is 9.90 Å². The maximum absolute atomic E-state index is 11.1. The molecular formula is C10H19N3O3. The van der Waals surface area contributed by atoms with Crippen molar-refractivity contribution >= 4 is 11.8 Å². The lowest BCUT2D eigenvalue weighted by Crippen LogP contribution is -2.34. The molecule has 5 N–H and O–H groups in total. The number of nitrogens with zero attached hydrogens (tertiary/aromatic N) is 1. The highest BCUT2D eigenvalue weighted by molar-refractivity contribution is 5.87. The second-order valence-corrected chi connectivity index (χ2v) is 4.13. The number of aliphatic imine (C=N–C) groups is 1. The van der Waals surface area contributed by atoms with Crippen LogP contribution in [-0.4, -0.2) is 42.2 Å². The van der Waals surface area contributed by atoms with Crippen molar-refractivity contribution in [3.8, 4) is 0 Å². The summed E-state index contributed by atoms with van der Waals surface area (Å²) in [6.07, 6.45) is 0.416. The van der Waals surface area contributed by atoms with Gasteiger partial charge in [-0.1, -0.05) is 6.92 Å². The first-order valence-electron chi connectivity index (χ1n) is 5.32. The maximum Gasteiger partial charge on any atom is 0.322 e. The standard InChI is InChI=1S/C10H19N3O3/c1-5-7(13-9(12)8(5)14)4-3-6(11)10(15)16-2/h5-8,14H,3-4,11H2,1-2H3,(H2,12,13)/t5-,6?,7+,8-/m1/s1. The fourth-order valence-electron chi connectivity index (χ4n) is 1.81. The number of carbonyl (C=O) groups excluding carboxylic acids is 1. The second kappa shape index (κ2) is 5.27. The summed E-state index contributed by atoms with van der Waals surface area (Å²) in [4.78, 5) is 15.2. The molecule has 6 nitrogen and oxygen atoms in total. The molecule has 0 radical (unpaired) electrons. The van der Waals surface area contributed by atoms with Gasteiger partial charge < -0.3 is 21.3 Å². The average molecular weight is 229 g/mol. The molecule has 1 aliphatic heterocycles. The van der Waals surface area contributed by atoms with E-state index >= 15 is 0 Å². The SMILES string of the molecule is COC(=O)C(N)CC[C@@H]1N=C(N)[C@H](O)[C@@H]1C. The molecule has 1 aliphatic rings. The summed E-state index contributed by atoms with van der Waals surface area (Å²) in [5.41, 5.74) is 11.1. The summed E-state index contributed by atoms with van der Waals surface area (Å²) in [6, 6.07) is -0.697. The number of methoxy groups -OCH3 is 1. The third-order valence-corrected chi connectivity index (χ3v) is 3.00. The Bertz CT molecular complexity index is 293. The molecule has 0 fully saturated rings. The second-order valence-electron chi connectivity index (χ2n) is 4.13. The molecule has 0 spiro atoms. The van der Waals surface area contributed by atoms with Gasteiger partial charge in [-0.3, -0.25) is 9.79 Å². The van der Waals surface area contributed by atoms with E-state index in [1.807, 2.05) is 6.92 Å². The van der Waals surface area contributed by atoms with Crippen molar-refractivity contribution in [3.63, 3.8) is 0 Å². The molecule has 4 atom stereocenters.